The number of amides is 1. The first kappa shape index (κ1) is 20.2. The lowest BCUT2D eigenvalue weighted by Crippen LogP contribution is -2.41. The third-order valence-corrected chi connectivity index (χ3v) is 4.67. The number of halogens is 2. The summed E-state index contributed by atoms with van der Waals surface area (Å²) in [7, 11) is 4.00. The van der Waals surface area contributed by atoms with Gasteiger partial charge < -0.3 is 10.2 Å². The summed E-state index contributed by atoms with van der Waals surface area (Å²) in [5, 5.41) is 2.96. The molecule has 140 valence electrons. The molecule has 0 fully saturated rings. The van der Waals surface area contributed by atoms with E-state index < -0.39 is 5.82 Å². The fraction of sp³-hybridized carbons (Fsp3) is 0.350. The van der Waals surface area contributed by atoms with Crippen LogP contribution in [0.4, 0.5) is 15.8 Å². The SMILES string of the molecule is CCN(Cc1ccc(N(C)C)cc1)[C@@H](C)C(=O)Nc1ccc(F)cc1Cl. The van der Waals surface area contributed by atoms with Gasteiger partial charge in [0.15, 0.2) is 0 Å². The molecule has 0 radical (unpaired) electrons. The van der Waals surface area contributed by atoms with Crippen molar-refractivity contribution in [2.45, 2.75) is 26.4 Å². The molecule has 4 nitrogen and oxygen atoms in total. The van der Waals surface area contributed by atoms with Gasteiger partial charge in [0.05, 0.1) is 16.8 Å². The Kier molecular flexibility index (Phi) is 7.00. The molecule has 2 aromatic carbocycles. The molecule has 6 heteroatoms. The minimum Gasteiger partial charge on any atom is -0.378 e. The summed E-state index contributed by atoms with van der Waals surface area (Å²) < 4.78 is 13.1. The van der Waals surface area contributed by atoms with Gasteiger partial charge in [0.25, 0.3) is 0 Å². The highest BCUT2D eigenvalue weighted by atomic mass is 35.5. The zero-order chi connectivity index (χ0) is 19.3. The van der Waals surface area contributed by atoms with Crippen molar-refractivity contribution < 1.29 is 9.18 Å². The Bertz CT molecular complexity index is 749. The Morgan fingerprint density at radius 3 is 2.38 bits per heavy atom. The summed E-state index contributed by atoms with van der Waals surface area (Å²) in [6.45, 7) is 5.25. The van der Waals surface area contributed by atoms with Crippen LogP contribution in [0.15, 0.2) is 42.5 Å². The Hall–Kier alpha value is -2.11. The van der Waals surface area contributed by atoms with Gasteiger partial charge in [-0.3, -0.25) is 9.69 Å². The summed E-state index contributed by atoms with van der Waals surface area (Å²) in [5.74, 6) is -0.609. The zero-order valence-electron chi connectivity index (χ0n) is 15.6. The van der Waals surface area contributed by atoms with Crippen molar-refractivity contribution in [2.24, 2.45) is 0 Å². The topological polar surface area (TPSA) is 35.6 Å². The van der Waals surface area contributed by atoms with Crippen LogP contribution < -0.4 is 10.2 Å². The van der Waals surface area contributed by atoms with Crippen LogP contribution in [-0.2, 0) is 11.3 Å². The normalized spacial score (nSPS) is 12.1. The molecule has 26 heavy (non-hydrogen) atoms. The van der Waals surface area contributed by atoms with E-state index in [-0.39, 0.29) is 17.0 Å². The lowest BCUT2D eigenvalue weighted by molar-refractivity contribution is -0.120. The standard InChI is InChI=1S/C20H25ClFN3O/c1-5-25(13-15-6-9-17(10-7-15)24(3)4)14(2)20(26)23-19-11-8-16(22)12-18(19)21/h6-12,14H,5,13H2,1-4H3,(H,23,26)/t14-/m0/s1. The van der Waals surface area contributed by atoms with Gasteiger partial charge in [-0.05, 0) is 49.4 Å². The number of carbonyl (C=O) groups excluding carboxylic acids is 1. The maximum Gasteiger partial charge on any atom is 0.241 e. The van der Waals surface area contributed by atoms with Crippen LogP contribution in [0, 0.1) is 5.82 Å². The van der Waals surface area contributed by atoms with E-state index in [1.165, 1.54) is 18.2 Å². The van der Waals surface area contributed by atoms with Gasteiger partial charge in [0, 0.05) is 26.3 Å². The summed E-state index contributed by atoms with van der Waals surface area (Å²) >= 11 is 5.99. The van der Waals surface area contributed by atoms with E-state index >= 15 is 0 Å². The predicted molar refractivity (Wildman–Crippen MR) is 106 cm³/mol. The molecular weight excluding hydrogens is 353 g/mol. The molecule has 0 spiro atoms. The van der Waals surface area contributed by atoms with Gasteiger partial charge in [0.2, 0.25) is 5.91 Å². The van der Waals surface area contributed by atoms with Crippen molar-refractivity contribution in [1.29, 1.82) is 0 Å². The Morgan fingerprint density at radius 2 is 1.85 bits per heavy atom. The highest BCUT2D eigenvalue weighted by molar-refractivity contribution is 6.33. The summed E-state index contributed by atoms with van der Waals surface area (Å²) in [5.41, 5.74) is 2.68. The number of hydrogen-bond donors (Lipinski definition) is 1. The Labute approximate surface area is 159 Å². The fourth-order valence-corrected chi connectivity index (χ4v) is 2.86. The average molecular weight is 378 g/mol. The van der Waals surface area contributed by atoms with Crippen LogP contribution in [0.25, 0.3) is 0 Å². The Balaban J connectivity index is 2.04. The highest BCUT2D eigenvalue weighted by Gasteiger charge is 2.21. The largest absolute Gasteiger partial charge is 0.378 e. The number of anilines is 2. The lowest BCUT2D eigenvalue weighted by atomic mass is 10.1. The van der Waals surface area contributed by atoms with Crippen LogP contribution in [0.5, 0.6) is 0 Å². The molecule has 0 unspecified atom stereocenters. The molecule has 1 amide bonds. The predicted octanol–water partition coefficient (Wildman–Crippen LogP) is 4.39. The summed E-state index contributed by atoms with van der Waals surface area (Å²) in [6, 6.07) is 11.8. The molecule has 0 heterocycles. The van der Waals surface area contributed by atoms with Crippen molar-refractivity contribution in [2.75, 3.05) is 30.9 Å². The lowest BCUT2D eigenvalue weighted by Gasteiger charge is -2.27. The second-order valence-electron chi connectivity index (χ2n) is 6.41. The van der Waals surface area contributed by atoms with Crippen molar-refractivity contribution in [1.82, 2.24) is 4.90 Å². The third-order valence-electron chi connectivity index (χ3n) is 4.36. The first-order valence-electron chi connectivity index (χ1n) is 8.58. The molecule has 0 aliphatic carbocycles. The van der Waals surface area contributed by atoms with Crippen molar-refractivity contribution in [3.8, 4) is 0 Å². The second kappa shape index (κ2) is 9.01. The van der Waals surface area contributed by atoms with E-state index in [1.54, 1.807) is 0 Å². The summed E-state index contributed by atoms with van der Waals surface area (Å²) in [4.78, 5) is 16.7. The quantitative estimate of drug-likeness (QED) is 0.777. The van der Waals surface area contributed by atoms with Gasteiger partial charge in [-0.1, -0.05) is 30.7 Å². The van der Waals surface area contributed by atoms with Gasteiger partial charge in [0.1, 0.15) is 5.82 Å². The number of nitrogens with one attached hydrogen (secondary N) is 1. The molecule has 0 aliphatic rings. The highest BCUT2D eigenvalue weighted by Crippen LogP contribution is 2.23. The molecular formula is C20H25ClFN3O. The van der Waals surface area contributed by atoms with Crippen molar-refractivity contribution in [3.63, 3.8) is 0 Å². The average Bonchev–Trinajstić information content (AvgIpc) is 2.61. The minimum atomic E-state index is -0.433. The maximum absolute atomic E-state index is 13.1. The maximum atomic E-state index is 13.1. The number of likely N-dealkylation sites (N-methyl/N-ethyl adjacent to an activating group) is 1. The van der Waals surface area contributed by atoms with E-state index in [0.29, 0.717) is 12.2 Å². The number of benzene rings is 2. The molecule has 2 aromatic rings. The van der Waals surface area contributed by atoms with Gasteiger partial charge in [-0.15, -0.1) is 0 Å². The van der Waals surface area contributed by atoms with Crippen LogP contribution in [0.3, 0.4) is 0 Å². The third kappa shape index (κ3) is 5.19. The Morgan fingerprint density at radius 1 is 1.19 bits per heavy atom. The van der Waals surface area contributed by atoms with Gasteiger partial charge in [-0.25, -0.2) is 4.39 Å². The van der Waals surface area contributed by atoms with Gasteiger partial charge >= 0.3 is 0 Å². The first-order valence-corrected chi connectivity index (χ1v) is 8.95. The van der Waals surface area contributed by atoms with E-state index in [1.807, 2.05) is 32.8 Å². The fourth-order valence-electron chi connectivity index (χ4n) is 2.65. The van der Waals surface area contributed by atoms with Crippen LogP contribution >= 0.6 is 11.6 Å². The summed E-state index contributed by atoms with van der Waals surface area (Å²) in [6.07, 6.45) is 0. The van der Waals surface area contributed by atoms with Crippen LogP contribution in [0.1, 0.15) is 19.4 Å². The van der Waals surface area contributed by atoms with E-state index in [4.69, 9.17) is 11.6 Å². The molecule has 0 aromatic heterocycles. The molecule has 0 saturated carbocycles. The number of hydrogen-bond acceptors (Lipinski definition) is 3. The molecule has 1 atom stereocenters. The zero-order valence-corrected chi connectivity index (χ0v) is 16.3. The number of rotatable bonds is 7. The van der Waals surface area contributed by atoms with Crippen LogP contribution in [-0.4, -0.2) is 37.5 Å². The van der Waals surface area contributed by atoms with Crippen molar-refractivity contribution >= 4 is 28.9 Å². The first-order chi connectivity index (χ1) is 12.3. The van der Waals surface area contributed by atoms with Crippen molar-refractivity contribution in [3.05, 3.63) is 58.9 Å². The van der Waals surface area contributed by atoms with E-state index in [9.17, 15) is 9.18 Å². The molecule has 2 rings (SSSR count). The molecule has 1 N–H and O–H groups in total. The molecule has 0 saturated heterocycles. The second-order valence-corrected chi connectivity index (χ2v) is 6.82. The van der Waals surface area contributed by atoms with E-state index in [2.05, 4.69) is 34.5 Å². The molecule has 0 bridgehead atoms. The molecule has 0 aliphatic heterocycles. The van der Waals surface area contributed by atoms with E-state index in [0.717, 1.165) is 17.8 Å². The number of carbonyl (C=O) groups is 1. The van der Waals surface area contributed by atoms with Gasteiger partial charge in [-0.2, -0.15) is 0 Å². The number of nitrogens with zero attached hydrogens (tertiary/aromatic N) is 2. The van der Waals surface area contributed by atoms with Crippen LogP contribution in [0.2, 0.25) is 5.02 Å². The minimum absolute atomic E-state index is 0.176. The smallest absolute Gasteiger partial charge is 0.241 e. The monoisotopic (exact) mass is 377 g/mol.